The molecule has 4 heteroatoms. The van der Waals surface area contributed by atoms with Crippen LogP contribution in [0, 0.1) is 0 Å². The maximum absolute atomic E-state index is 4.71. The summed E-state index contributed by atoms with van der Waals surface area (Å²) in [6.45, 7) is 0. The summed E-state index contributed by atoms with van der Waals surface area (Å²) in [7, 11) is 0. The minimum absolute atomic E-state index is 0.634. The number of thiazole rings is 1. The Kier molecular flexibility index (Phi) is 0.648. The van der Waals surface area contributed by atoms with E-state index in [0.29, 0.717) is 5.71 Å². The summed E-state index contributed by atoms with van der Waals surface area (Å²) in [5.41, 5.74) is 2.37. The minimum Gasteiger partial charge on any atom is -0.335 e. The van der Waals surface area contributed by atoms with E-state index in [0.717, 1.165) is 4.70 Å². The molecule has 0 amide bonds. The zero-order valence-corrected chi connectivity index (χ0v) is 4.68. The summed E-state index contributed by atoms with van der Waals surface area (Å²) >= 11 is 1.53. The summed E-state index contributed by atoms with van der Waals surface area (Å²) < 4.78 is 5.71. The van der Waals surface area contributed by atoms with E-state index in [1.54, 1.807) is 11.7 Å². The van der Waals surface area contributed by atoms with E-state index in [1.165, 1.54) is 11.3 Å². The van der Waals surface area contributed by atoms with Crippen LogP contribution < -0.4 is 0 Å². The highest BCUT2D eigenvalue weighted by Crippen LogP contribution is 2.14. The summed E-state index contributed by atoms with van der Waals surface area (Å²) in [4.78, 5) is 3.87. The van der Waals surface area contributed by atoms with Crippen LogP contribution in [-0.4, -0.2) is 10.1 Å². The van der Waals surface area contributed by atoms with Crippen molar-refractivity contribution in [2.75, 3.05) is 0 Å². The Morgan fingerprint density at radius 1 is 1.62 bits per heavy atom. The van der Waals surface area contributed by atoms with E-state index in [4.69, 9.17) is 4.52 Å². The predicted molar refractivity (Wildman–Crippen MR) is 29.7 cm³/mol. The Labute approximate surface area is 48.9 Å². The Hall–Kier alpha value is -0.900. The molecule has 0 spiro atoms. The third-order valence-corrected chi connectivity index (χ3v) is 1.61. The third-order valence-electron chi connectivity index (χ3n) is 0.870. The van der Waals surface area contributed by atoms with E-state index >= 15 is 0 Å². The lowest BCUT2D eigenvalue weighted by Gasteiger charge is -1.60. The Balaban J connectivity index is 3.06. The number of aromatic nitrogens is 2. The SMILES string of the molecule is c1nc2oncc2s1. The molecular weight excluding hydrogens is 124 g/mol. The molecular formula is C4H2N2OS. The van der Waals surface area contributed by atoms with Gasteiger partial charge in [0.15, 0.2) is 0 Å². The highest BCUT2D eigenvalue weighted by molar-refractivity contribution is 7.16. The average Bonchev–Trinajstić information content (AvgIpc) is 2.15. The first-order valence-electron chi connectivity index (χ1n) is 2.11. The van der Waals surface area contributed by atoms with Gasteiger partial charge in [0.25, 0.3) is 5.71 Å². The Morgan fingerprint density at radius 2 is 2.62 bits per heavy atom. The second kappa shape index (κ2) is 1.29. The van der Waals surface area contributed by atoms with Crippen LogP contribution in [0.25, 0.3) is 10.4 Å². The van der Waals surface area contributed by atoms with E-state index in [2.05, 4.69) is 10.1 Å². The van der Waals surface area contributed by atoms with Gasteiger partial charge in [-0.05, 0) is 0 Å². The molecule has 2 rings (SSSR count). The summed E-state index contributed by atoms with van der Waals surface area (Å²) in [6, 6.07) is 0. The Bertz CT molecular complexity index is 235. The first kappa shape index (κ1) is 4.03. The quantitative estimate of drug-likeness (QED) is 0.533. The molecule has 0 unspecified atom stereocenters. The van der Waals surface area contributed by atoms with Crippen molar-refractivity contribution in [2.24, 2.45) is 0 Å². The van der Waals surface area contributed by atoms with Crippen molar-refractivity contribution in [1.82, 2.24) is 10.1 Å². The van der Waals surface area contributed by atoms with Gasteiger partial charge in [-0.25, -0.2) is 4.98 Å². The monoisotopic (exact) mass is 126 g/mol. The fourth-order valence-corrected chi connectivity index (χ4v) is 1.08. The van der Waals surface area contributed by atoms with Crippen LogP contribution in [0.15, 0.2) is 16.2 Å². The molecule has 2 heterocycles. The van der Waals surface area contributed by atoms with Gasteiger partial charge in [0.05, 0.1) is 11.7 Å². The van der Waals surface area contributed by atoms with Crippen LogP contribution in [0.4, 0.5) is 0 Å². The van der Waals surface area contributed by atoms with Crippen LogP contribution in [-0.2, 0) is 0 Å². The van der Waals surface area contributed by atoms with Crippen molar-refractivity contribution in [3.8, 4) is 0 Å². The molecule has 2 aromatic heterocycles. The maximum Gasteiger partial charge on any atom is 0.268 e. The molecule has 3 nitrogen and oxygen atoms in total. The van der Waals surface area contributed by atoms with Crippen LogP contribution in [0.2, 0.25) is 0 Å². The lowest BCUT2D eigenvalue weighted by Crippen LogP contribution is -1.52. The van der Waals surface area contributed by atoms with Gasteiger partial charge in [-0.2, -0.15) is 0 Å². The molecule has 0 atom stereocenters. The van der Waals surface area contributed by atoms with Crippen LogP contribution in [0.5, 0.6) is 0 Å². The van der Waals surface area contributed by atoms with Gasteiger partial charge >= 0.3 is 0 Å². The lowest BCUT2D eigenvalue weighted by atomic mass is 10.7. The van der Waals surface area contributed by atoms with Crippen molar-refractivity contribution in [2.45, 2.75) is 0 Å². The standard InChI is InChI=1S/C4H2N2OS/c1-3-4(7-6-1)5-2-8-3/h1-2H. The molecule has 0 aliphatic heterocycles. The average molecular weight is 126 g/mol. The molecule has 0 bridgehead atoms. The number of fused-ring (bicyclic) bond motifs is 1. The number of rotatable bonds is 0. The molecule has 0 fully saturated rings. The molecule has 0 aliphatic rings. The molecule has 0 saturated carbocycles. The normalized spacial score (nSPS) is 10.5. The van der Waals surface area contributed by atoms with Gasteiger partial charge in [0.2, 0.25) is 0 Å². The van der Waals surface area contributed by atoms with Gasteiger partial charge < -0.3 is 4.52 Å². The van der Waals surface area contributed by atoms with Gasteiger partial charge in [-0.3, -0.25) is 0 Å². The molecule has 0 N–H and O–H groups in total. The highest BCUT2D eigenvalue weighted by Gasteiger charge is 1.96. The van der Waals surface area contributed by atoms with E-state index in [9.17, 15) is 0 Å². The van der Waals surface area contributed by atoms with E-state index < -0.39 is 0 Å². The molecule has 0 saturated heterocycles. The number of hydrogen-bond acceptors (Lipinski definition) is 4. The van der Waals surface area contributed by atoms with Crippen molar-refractivity contribution in [3.05, 3.63) is 11.7 Å². The van der Waals surface area contributed by atoms with Crippen LogP contribution in [0.1, 0.15) is 0 Å². The molecule has 0 aromatic carbocycles. The zero-order chi connectivity index (χ0) is 5.40. The van der Waals surface area contributed by atoms with Crippen molar-refractivity contribution >= 4 is 21.8 Å². The molecule has 0 radical (unpaired) electrons. The van der Waals surface area contributed by atoms with E-state index in [-0.39, 0.29) is 0 Å². The molecule has 0 aliphatic carbocycles. The second-order valence-corrected chi connectivity index (χ2v) is 2.23. The molecule has 40 valence electrons. The predicted octanol–water partition coefficient (Wildman–Crippen LogP) is 1.28. The first-order valence-corrected chi connectivity index (χ1v) is 2.98. The highest BCUT2D eigenvalue weighted by atomic mass is 32.1. The lowest BCUT2D eigenvalue weighted by molar-refractivity contribution is 0.449. The smallest absolute Gasteiger partial charge is 0.268 e. The van der Waals surface area contributed by atoms with Crippen molar-refractivity contribution in [3.63, 3.8) is 0 Å². The van der Waals surface area contributed by atoms with E-state index in [1.807, 2.05) is 0 Å². The van der Waals surface area contributed by atoms with Crippen LogP contribution >= 0.6 is 11.3 Å². The van der Waals surface area contributed by atoms with Gasteiger partial charge in [0.1, 0.15) is 4.70 Å². The van der Waals surface area contributed by atoms with Gasteiger partial charge in [-0.1, -0.05) is 5.16 Å². The van der Waals surface area contributed by atoms with Gasteiger partial charge in [0, 0.05) is 0 Å². The number of nitrogens with zero attached hydrogens (tertiary/aromatic N) is 2. The summed E-state index contributed by atoms with van der Waals surface area (Å²) in [6.07, 6.45) is 1.66. The number of hydrogen-bond donors (Lipinski definition) is 0. The Morgan fingerprint density at radius 3 is 3.50 bits per heavy atom. The molecule has 8 heavy (non-hydrogen) atoms. The second-order valence-electron chi connectivity index (χ2n) is 1.35. The topological polar surface area (TPSA) is 38.9 Å². The minimum atomic E-state index is 0.634. The largest absolute Gasteiger partial charge is 0.335 e. The van der Waals surface area contributed by atoms with Crippen molar-refractivity contribution in [1.29, 1.82) is 0 Å². The van der Waals surface area contributed by atoms with Crippen molar-refractivity contribution < 1.29 is 4.52 Å². The maximum atomic E-state index is 4.71. The molecule has 2 aromatic rings. The first-order chi connectivity index (χ1) is 3.97. The fraction of sp³-hybridized carbons (Fsp3) is 0. The van der Waals surface area contributed by atoms with Crippen LogP contribution in [0.3, 0.4) is 0 Å². The summed E-state index contributed by atoms with van der Waals surface area (Å²) in [5, 5.41) is 3.53. The summed E-state index contributed by atoms with van der Waals surface area (Å²) in [5.74, 6) is 0. The fourth-order valence-electron chi connectivity index (χ4n) is 0.523. The van der Waals surface area contributed by atoms with Gasteiger partial charge in [-0.15, -0.1) is 11.3 Å². The third kappa shape index (κ3) is 0.376. The zero-order valence-electron chi connectivity index (χ0n) is 3.87.